The van der Waals surface area contributed by atoms with E-state index in [2.05, 4.69) is 31.2 Å². The van der Waals surface area contributed by atoms with Gasteiger partial charge in [0.05, 0.1) is 12.5 Å². The van der Waals surface area contributed by atoms with Crippen molar-refractivity contribution in [1.82, 2.24) is 0 Å². The van der Waals surface area contributed by atoms with Gasteiger partial charge in [-0.15, -0.1) is 0 Å². The summed E-state index contributed by atoms with van der Waals surface area (Å²) in [6.07, 6.45) is 8.61. The molecule has 2 atom stereocenters. The van der Waals surface area contributed by atoms with E-state index in [0.717, 1.165) is 50.7 Å². The molecule has 1 aromatic carbocycles. The molecule has 0 saturated heterocycles. The maximum absolute atomic E-state index is 12.7. The first-order valence-corrected chi connectivity index (χ1v) is 10.9. The average Bonchev–Trinajstić information content (AvgIpc) is 2.69. The molecule has 2 aliphatic carbocycles. The highest BCUT2D eigenvalue weighted by molar-refractivity contribution is 6.02. The molecule has 0 N–H and O–H groups in total. The van der Waals surface area contributed by atoms with Gasteiger partial charge in [0, 0.05) is 12.8 Å². The van der Waals surface area contributed by atoms with Crippen molar-refractivity contribution in [1.29, 1.82) is 0 Å². The van der Waals surface area contributed by atoms with Crippen LogP contribution in [-0.4, -0.2) is 18.2 Å². The Morgan fingerprint density at radius 2 is 1.63 bits per heavy atom. The number of carbonyl (C=O) groups excluding carboxylic acids is 2. The summed E-state index contributed by atoms with van der Waals surface area (Å²) in [6.45, 7) is 4.84. The molecule has 3 heteroatoms. The molecule has 2 saturated carbocycles. The lowest BCUT2D eigenvalue weighted by molar-refractivity contribution is -0.136. The van der Waals surface area contributed by atoms with Crippen molar-refractivity contribution >= 4 is 11.6 Å². The topological polar surface area (TPSA) is 43.4 Å². The number of rotatable bonds is 7. The summed E-state index contributed by atoms with van der Waals surface area (Å²) in [5.74, 6) is 2.63. The largest absolute Gasteiger partial charge is 0.494 e. The molecule has 0 amide bonds. The van der Waals surface area contributed by atoms with Crippen molar-refractivity contribution in [3.05, 3.63) is 29.8 Å². The molecule has 2 aliphatic rings. The number of Topliss-reactive ketones (excluding diaryl/α,β-unsaturated/α-hetero) is 2. The Kier molecular flexibility index (Phi) is 7.09. The number of ether oxygens (including phenoxy) is 1. The van der Waals surface area contributed by atoms with Crippen LogP contribution < -0.4 is 4.74 Å². The summed E-state index contributed by atoms with van der Waals surface area (Å²) < 4.78 is 5.52. The van der Waals surface area contributed by atoms with Gasteiger partial charge in [0.25, 0.3) is 0 Å². The van der Waals surface area contributed by atoms with Crippen LogP contribution in [-0.2, 0) is 9.59 Å². The fourth-order valence-corrected chi connectivity index (χ4v) is 4.91. The van der Waals surface area contributed by atoms with E-state index in [-0.39, 0.29) is 17.5 Å². The molecule has 0 aromatic heterocycles. The van der Waals surface area contributed by atoms with E-state index in [4.69, 9.17) is 4.74 Å². The van der Waals surface area contributed by atoms with Gasteiger partial charge in [-0.25, -0.2) is 0 Å². The molecule has 2 fully saturated rings. The summed E-state index contributed by atoms with van der Waals surface area (Å²) in [6, 6.07) is 8.50. The van der Waals surface area contributed by atoms with Crippen LogP contribution >= 0.6 is 0 Å². The second kappa shape index (κ2) is 9.52. The highest BCUT2D eigenvalue weighted by Crippen LogP contribution is 2.39. The van der Waals surface area contributed by atoms with E-state index in [0.29, 0.717) is 37.2 Å². The highest BCUT2D eigenvalue weighted by atomic mass is 16.5. The van der Waals surface area contributed by atoms with Gasteiger partial charge in [0.15, 0.2) is 0 Å². The van der Waals surface area contributed by atoms with E-state index < -0.39 is 0 Å². The first-order valence-electron chi connectivity index (χ1n) is 10.9. The van der Waals surface area contributed by atoms with Crippen LogP contribution in [0.4, 0.5) is 0 Å². The van der Waals surface area contributed by atoms with E-state index >= 15 is 0 Å². The standard InChI is InChI=1S/C24H34O3/c1-3-17-7-14-22(23(25)15-17)24(26)16-18-5-8-19(9-6-18)20-10-12-21(13-11-20)27-4-2/h10-13,17-19,22H,3-9,14-16H2,1-2H3. The maximum atomic E-state index is 12.7. The first-order chi connectivity index (χ1) is 13.1. The number of benzene rings is 1. The number of hydrogen-bond donors (Lipinski definition) is 0. The summed E-state index contributed by atoms with van der Waals surface area (Å²) in [5.41, 5.74) is 1.39. The third kappa shape index (κ3) is 5.21. The van der Waals surface area contributed by atoms with Crippen LogP contribution in [0.5, 0.6) is 5.75 Å². The fourth-order valence-electron chi connectivity index (χ4n) is 4.91. The molecular formula is C24H34O3. The average molecular weight is 371 g/mol. The molecule has 3 nitrogen and oxygen atoms in total. The van der Waals surface area contributed by atoms with E-state index in [1.165, 1.54) is 5.56 Å². The number of hydrogen-bond acceptors (Lipinski definition) is 3. The monoisotopic (exact) mass is 370 g/mol. The zero-order valence-corrected chi connectivity index (χ0v) is 16.9. The molecule has 1 aromatic rings. The zero-order valence-electron chi connectivity index (χ0n) is 16.9. The minimum Gasteiger partial charge on any atom is -0.494 e. The Bertz CT molecular complexity index is 626. The van der Waals surface area contributed by atoms with Gasteiger partial charge < -0.3 is 4.74 Å². The van der Waals surface area contributed by atoms with Crippen LogP contribution in [0.2, 0.25) is 0 Å². The lowest BCUT2D eigenvalue weighted by Crippen LogP contribution is -2.32. The van der Waals surface area contributed by atoms with Gasteiger partial charge in [-0.05, 0) is 80.9 Å². The molecule has 27 heavy (non-hydrogen) atoms. The van der Waals surface area contributed by atoms with Gasteiger partial charge in [0.2, 0.25) is 0 Å². The number of ketones is 2. The Morgan fingerprint density at radius 3 is 2.22 bits per heavy atom. The van der Waals surface area contributed by atoms with E-state index in [9.17, 15) is 9.59 Å². The molecular weight excluding hydrogens is 336 g/mol. The SMILES string of the molecule is CCOc1ccc(C2CCC(CC(=O)C3CCC(CC)CC3=O)CC2)cc1. The van der Waals surface area contributed by atoms with Crippen LogP contribution in [0.1, 0.15) is 83.1 Å². The summed E-state index contributed by atoms with van der Waals surface area (Å²) in [7, 11) is 0. The Morgan fingerprint density at radius 1 is 0.963 bits per heavy atom. The van der Waals surface area contributed by atoms with Crippen LogP contribution in [0.15, 0.2) is 24.3 Å². The Balaban J connectivity index is 1.46. The van der Waals surface area contributed by atoms with Crippen molar-refractivity contribution in [2.24, 2.45) is 17.8 Å². The van der Waals surface area contributed by atoms with Crippen LogP contribution in [0.3, 0.4) is 0 Å². The van der Waals surface area contributed by atoms with Gasteiger partial charge in [-0.3, -0.25) is 9.59 Å². The normalized spacial score (nSPS) is 28.7. The lowest BCUT2D eigenvalue weighted by atomic mass is 9.73. The minimum atomic E-state index is -0.295. The fraction of sp³-hybridized carbons (Fsp3) is 0.667. The molecule has 0 radical (unpaired) electrons. The smallest absolute Gasteiger partial charge is 0.143 e. The maximum Gasteiger partial charge on any atom is 0.143 e. The molecule has 0 bridgehead atoms. The second-order valence-corrected chi connectivity index (χ2v) is 8.46. The van der Waals surface area contributed by atoms with E-state index in [1.54, 1.807) is 0 Å². The van der Waals surface area contributed by atoms with Crippen molar-refractivity contribution in [3.63, 3.8) is 0 Å². The van der Waals surface area contributed by atoms with Crippen molar-refractivity contribution in [2.45, 2.75) is 77.6 Å². The third-order valence-corrected chi connectivity index (χ3v) is 6.71. The number of carbonyl (C=O) groups is 2. The third-order valence-electron chi connectivity index (χ3n) is 6.71. The quantitative estimate of drug-likeness (QED) is 0.577. The van der Waals surface area contributed by atoms with Crippen molar-refractivity contribution in [3.8, 4) is 5.75 Å². The van der Waals surface area contributed by atoms with Gasteiger partial charge in [-0.1, -0.05) is 25.5 Å². The lowest BCUT2D eigenvalue weighted by Gasteiger charge is -2.30. The summed E-state index contributed by atoms with van der Waals surface area (Å²) in [5, 5.41) is 0. The highest BCUT2D eigenvalue weighted by Gasteiger charge is 2.34. The Hall–Kier alpha value is -1.64. The predicted molar refractivity (Wildman–Crippen MR) is 108 cm³/mol. The molecule has 3 rings (SSSR count). The molecule has 2 unspecified atom stereocenters. The van der Waals surface area contributed by atoms with Crippen molar-refractivity contribution < 1.29 is 14.3 Å². The second-order valence-electron chi connectivity index (χ2n) is 8.46. The summed E-state index contributed by atoms with van der Waals surface area (Å²) in [4.78, 5) is 25.0. The van der Waals surface area contributed by atoms with Gasteiger partial charge >= 0.3 is 0 Å². The van der Waals surface area contributed by atoms with Crippen LogP contribution in [0.25, 0.3) is 0 Å². The van der Waals surface area contributed by atoms with Crippen molar-refractivity contribution in [2.75, 3.05) is 6.61 Å². The van der Waals surface area contributed by atoms with Gasteiger partial charge in [-0.2, -0.15) is 0 Å². The van der Waals surface area contributed by atoms with E-state index in [1.807, 2.05) is 6.92 Å². The molecule has 0 spiro atoms. The van der Waals surface area contributed by atoms with Gasteiger partial charge in [0.1, 0.15) is 17.3 Å². The summed E-state index contributed by atoms with van der Waals surface area (Å²) >= 11 is 0. The molecule has 0 aliphatic heterocycles. The van der Waals surface area contributed by atoms with Crippen LogP contribution in [0, 0.1) is 17.8 Å². The minimum absolute atomic E-state index is 0.209. The molecule has 0 heterocycles. The predicted octanol–water partition coefficient (Wildman–Crippen LogP) is 5.71. The Labute approximate surface area is 163 Å². The first kappa shape index (κ1) is 20.1. The molecule has 148 valence electrons. The zero-order chi connectivity index (χ0) is 19.2.